The van der Waals surface area contributed by atoms with Gasteiger partial charge in [-0.1, -0.05) is 6.07 Å². The maximum Gasteiger partial charge on any atom is 0.416 e. The van der Waals surface area contributed by atoms with Crippen LogP contribution < -0.4 is 4.90 Å². The number of aromatic nitrogens is 2. The van der Waals surface area contributed by atoms with Crippen molar-refractivity contribution in [1.82, 2.24) is 19.6 Å². The summed E-state index contributed by atoms with van der Waals surface area (Å²) < 4.78 is 42.7. The molecule has 0 saturated carbocycles. The molecule has 11 heteroatoms. The molecular weight excluding hydrogens is 463 g/mol. The van der Waals surface area contributed by atoms with E-state index in [1.54, 1.807) is 24.0 Å². The number of amides is 1. The van der Waals surface area contributed by atoms with E-state index in [9.17, 15) is 22.8 Å². The van der Waals surface area contributed by atoms with Crippen LogP contribution in [0.2, 0.25) is 0 Å². The lowest BCUT2D eigenvalue weighted by atomic mass is 10.0. The summed E-state index contributed by atoms with van der Waals surface area (Å²) in [5.74, 6) is -0.866. The highest BCUT2D eigenvalue weighted by atomic mass is 19.4. The molecule has 0 bridgehead atoms. The Kier molecular flexibility index (Phi) is 5.98. The average molecular weight is 492 g/mol. The highest BCUT2D eigenvalue weighted by Gasteiger charge is 2.43. The number of benzene rings is 1. The van der Waals surface area contributed by atoms with Gasteiger partial charge < -0.3 is 14.9 Å². The van der Waals surface area contributed by atoms with Crippen LogP contribution in [0, 0.1) is 18.8 Å². The first-order valence-electron chi connectivity index (χ1n) is 11.9. The number of rotatable bonds is 4. The molecule has 1 amide bonds. The quantitative estimate of drug-likeness (QED) is 0.705. The Balaban J connectivity index is 1.24. The van der Waals surface area contributed by atoms with Gasteiger partial charge >= 0.3 is 18.2 Å². The van der Waals surface area contributed by atoms with Crippen molar-refractivity contribution in [3.8, 4) is 0 Å². The van der Waals surface area contributed by atoms with E-state index in [0.29, 0.717) is 37.4 Å². The molecule has 0 radical (unpaired) electrons. The van der Waals surface area contributed by atoms with Crippen LogP contribution in [0.25, 0.3) is 0 Å². The Morgan fingerprint density at radius 1 is 1.09 bits per heavy atom. The minimum absolute atomic E-state index is 0.153. The molecular formula is C24H28F3N5O3. The summed E-state index contributed by atoms with van der Waals surface area (Å²) in [6, 6.07) is 4.32. The maximum absolute atomic E-state index is 13.9. The van der Waals surface area contributed by atoms with Gasteiger partial charge in [0.05, 0.1) is 5.56 Å². The molecule has 1 aromatic carbocycles. The van der Waals surface area contributed by atoms with Crippen molar-refractivity contribution < 1.29 is 27.9 Å². The molecule has 1 N–H and O–H groups in total. The molecule has 3 saturated heterocycles. The minimum atomic E-state index is -4.42. The molecule has 1 aromatic heterocycles. The smallest absolute Gasteiger partial charge is 0.416 e. The molecule has 188 valence electrons. The second kappa shape index (κ2) is 8.85. The summed E-state index contributed by atoms with van der Waals surface area (Å²) in [5.41, 5.74) is 0.597. The predicted molar refractivity (Wildman–Crippen MR) is 121 cm³/mol. The van der Waals surface area contributed by atoms with E-state index in [1.807, 2.05) is 9.80 Å². The van der Waals surface area contributed by atoms with Crippen LogP contribution in [-0.4, -0.2) is 76.0 Å². The molecule has 3 aliphatic heterocycles. The van der Waals surface area contributed by atoms with Crippen LogP contribution in [0.4, 0.5) is 23.7 Å². The molecule has 0 aliphatic carbocycles. The molecule has 2 unspecified atom stereocenters. The third-order valence-electron chi connectivity index (χ3n) is 7.39. The number of nitrogens with zero attached hydrogens (tertiary/aromatic N) is 5. The van der Waals surface area contributed by atoms with Gasteiger partial charge in [0.2, 0.25) is 0 Å². The maximum atomic E-state index is 13.9. The fourth-order valence-corrected chi connectivity index (χ4v) is 5.67. The number of anilines is 1. The van der Waals surface area contributed by atoms with Gasteiger partial charge in [0.25, 0.3) is 0 Å². The van der Waals surface area contributed by atoms with Gasteiger partial charge in [-0.3, -0.25) is 4.90 Å². The van der Waals surface area contributed by atoms with Gasteiger partial charge in [0.15, 0.2) is 5.69 Å². The largest absolute Gasteiger partial charge is 0.476 e. The number of aryl methyl sites for hydroxylation is 1. The fourth-order valence-electron chi connectivity index (χ4n) is 5.67. The summed E-state index contributed by atoms with van der Waals surface area (Å²) in [5, 5.41) is 13.1. The van der Waals surface area contributed by atoms with Crippen LogP contribution >= 0.6 is 0 Å². The number of hydrogen-bond acceptors (Lipinski definition) is 5. The van der Waals surface area contributed by atoms with Gasteiger partial charge in [-0.2, -0.15) is 23.0 Å². The third kappa shape index (κ3) is 4.61. The number of likely N-dealkylation sites (tertiary alicyclic amines) is 2. The number of carbonyl (C=O) groups is 2. The molecule has 4 heterocycles. The summed E-state index contributed by atoms with van der Waals surface area (Å²) in [7, 11) is 0. The SMILES string of the molecule is Cc1cn(C(=O)N2CC3CN(Cc4ccc(N5CCCC5)cc4C(F)(F)F)CC3C2)nc1C(=O)O. The first-order valence-corrected chi connectivity index (χ1v) is 11.9. The number of alkyl halides is 3. The number of carboxylic acid groups (broad SMARTS) is 1. The first-order chi connectivity index (χ1) is 16.6. The number of halogens is 3. The number of aromatic carboxylic acids is 1. The predicted octanol–water partition coefficient (Wildman–Crippen LogP) is 3.54. The Morgan fingerprint density at radius 2 is 1.74 bits per heavy atom. The average Bonchev–Trinajstić information content (AvgIpc) is 3.56. The normalized spacial score (nSPS) is 22.7. The van der Waals surface area contributed by atoms with Crippen molar-refractivity contribution in [3.63, 3.8) is 0 Å². The lowest BCUT2D eigenvalue weighted by molar-refractivity contribution is -0.138. The zero-order chi connectivity index (χ0) is 24.9. The number of fused-ring (bicyclic) bond motifs is 1. The molecule has 8 nitrogen and oxygen atoms in total. The van der Waals surface area contributed by atoms with Gasteiger partial charge in [-0.15, -0.1) is 0 Å². The van der Waals surface area contributed by atoms with Gasteiger partial charge in [0.1, 0.15) is 0 Å². The van der Waals surface area contributed by atoms with Crippen molar-refractivity contribution in [2.24, 2.45) is 11.8 Å². The number of hydrogen-bond donors (Lipinski definition) is 1. The van der Waals surface area contributed by atoms with E-state index < -0.39 is 17.7 Å². The number of carboxylic acids is 1. The highest BCUT2D eigenvalue weighted by Crippen LogP contribution is 2.38. The van der Waals surface area contributed by atoms with Crippen molar-refractivity contribution in [2.45, 2.75) is 32.5 Å². The Bertz CT molecular complexity index is 1130. The second-order valence-corrected chi connectivity index (χ2v) is 9.85. The van der Waals surface area contributed by atoms with Crippen LogP contribution in [0.15, 0.2) is 24.4 Å². The molecule has 3 fully saturated rings. The molecule has 0 spiro atoms. The van der Waals surface area contributed by atoms with Crippen molar-refractivity contribution in [3.05, 3.63) is 46.8 Å². The number of carbonyl (C=O) groups excluding carboxylic acids is 1. The van der Waals surface area contributed by atoms with E-state index in [2.05, 4.69) is 5.10 Å². The first kappa shape index (κ1) is 23.7. The van der Waals surface area contributed by atoms with Crippen molar-refractivity contribution in [2.75, 3.05) is 44.2 Å². The van der Waals surface area contributed by atoms with E-state index in [1.165, 1.54) is 12.3 Å². The summed E-state index contributed by atoms with van der Waals surface area (Å²) in [6.07, 6.45) is -1.00. The van der Waals surface area contributed by atoms with E-state index in [-0.39, 0.29) is 35.7 Å². The van der Waals surface area contributed by atoms with Crippen LogP contribution in [-0.2, 0) is 12.7 Å². The summed E-state index contributed by atoms with van der Waals surface area (Å²) in [4.78, 5) is 29.7. The van der Waals surface area contributed by atoms with Crippen molar-refractivity contribution in [1.29, 1.82) is 0 Å². The van der Waals surface area contributed by atoms with Crippen molar-refractivity contribution >= 4 is 17.7 Å². The molecule has 35 heavy (non-hydrogen) atoms. The Labute approximate surface area is 200 Å². The summed E-state index contributed by atoms with van der Waals surface area (Å²) in [6.45, 7) is 5.55. The van der Waals surface area contributed by atoms with Crippen LogP contribution in [0.1, 0.15) is 40.0 Å². The zero-order valence-corrected chi connectivity index (χ0v) is 19.5. The molecule has 2 aromatic rings. The van der Waals surface area contributed by atoms with Crippen LogP contribution in [0.3, 0.4) is 0 Å². The monoisotopic (exact) mass is 491 g/mol. The third-order valence-corrected chi connectivity index (χ3v) is 7.39. The minimum Gasteiger partial charge on any atom is -0.476 e. The Morgan fingerprint density at radius 3 is 2.31 bits per heavy atom. The summed E-state index contributed by atoms with van der Waals surface area (Å²) >= 11 is 0. The van der Waals surface area contributed by atoms with Crippen LogP contribution in [0.5, 0.6) is 0 Å². The van der Waals surface area contributed by atoms with Gasteiger partial charge in [-0.25, -0.2) is 9.59 Å². The second-order valence-electron chi connectivity index (χ2n) is 9.85. The van der Waals surface area contributed by atoms with E-state index >= 15 is 0 Å². The fraction of sp³-hybridized carbons (Fsp3) is 0.542. The van der Waals surface area contributed by atoms with Gasteiger partial charge in [0, 0.05) is 63.3 Å². The molecule has 5 rings (SSSR count). The zero-order valence-electron chi connectivity index (χ0n) is 19.5. The molecule has 3 aliphatic rings. The van der Waals surface area contributed by atoms with E-state index in [0.717, 1.165) is 30.6 Å². The van der Waals surface area contributed by atoms with Gasteiger partial charge in [-0.05, 0) is 49.3 Å². The molecule has 2 atom stereocenters. The van der Waals surface area contributed by atoms with E-state index in [4.69, 9.17) is 5.11 Å². The standard InChI is InChI=1S/C24H28F3N5O3/c1-15-9-32(28-21(15)22(33)34)23(35)31-13-17-11-29(12-18(17)14-31)10-16-4-5-19(30-6-2-3-7-30)8-20(16)24(25,26)27/h4-5,8-9,17-18H,2-3,6-7,10-14H2,1H3,(H,33,34). The topological polar surface area (TPSA) is 81.9 Å². The Hall–Kier alpha value is -3.08. The lowest BCUT2D eigenvalue weighted by Crippen LogP contribution is -2.36. The highest BCUT2D eigenvalue weighted by molar-refractivity contribution is 5.88. The lowest BCUT2D eigenvalue weighted by Gasteiger charge is -2.24.